The van der Waals surface area contributed by atoms with E-state index in [9.17, 15) is 19.2 Å². The lowest BCUT2D eigenvalue weighted by Gasteiger charge is -2.21. The van der Waals surface area contributed by atoms with E-state index in [0.29, 0.717) is 0 Å². The van der Waals surface area contributed by atoms with Crippen LogP contribution in [0.15, 0.2) is 0 Å². The summed E-state index contributed by atoms with van der Waals surface area (Å²) in [6.45, 7) is 4.09. The van der Waals surface area contributed by atoms with Crippen molar-refractivity contribution in [3.63, 3.8) is 0 Å². The summed E-state index contributed by atoms with van der Waals surface area (Å²) in [5.41, 5.74) is -0.809. The molecule has 0 aromatic rings. The quantitative estimate of drug-likeness (QED) is 0.651. The zero-order chi connectivity index (χ0) is 14.1. The molecule has 18 heavy (non-hydrogen) atoms. The molecule has 1 atom stereocenters. The van der Waals surface area contributed by atoms with Gasteiger partial charge in [0.25, 0.3) is 0 Å². The normalized spacial score (nSPS) is 19.8. The number of imide groups is 1. The van der Waals surface area contributed by atoms with Crippen LogP contribution in [0, 0.1) is 5.41 Å². The summed E-state index contributed by atoms with van der Waals surface area (Å²) in [7, 11) is 0. The molecule has 1 heterocycles. The predicted octanol–water partition coefficient (Wildman–Crippen LogP) is -0.639. The molecule has 0 aromatic carbocycles. The Labute approximate surface area is 104 Å². The minimum atomic E-state index is -1.28. The second kappa shape index (κ2) is 4.75. The van der Waals surface area contributed by atoms with Crippen LogP contribution < -0.4 is 5.32 Å². The van der Waals surface area contributed by atoms with Gasteiger partial charge in [-0.05, 0) is 0 Å². The van der Waals surface area contributed by atoms with E-state index < -0.39 is 35.1 Å². The van der Waals surface area contributed by atoms with Crippen molar-refractivity contribution in [3.8, 4) is 0 Å². The molecule has 1 unspecified atom stereocenters. The molecule has 3 amide bonds. The smallest absolute Gasteiger partial charge is 0.328 e. The van der Waals surface area contributed by atoms with Gasteiger partial charge in [-0.1, -0.05) is 13.8 Å². The van der Waals surface area contributed by atoms with Crippen LogP contribution in [-0.2, 0) is 19.2 Å². The van der Waals surface area contributed by atoms with E-state index in [4.69, 9.17) is 5.11 Å². The first-order valence-electron chi connectivity index (χ1n) is 5.50. The topological polar surface area (TPSA) is 104 Å². The van der Waals surface area contributed by atoms with Crippen molar-refractivity contribution in [1.82, 2.24) is 10.2 Å². The van der Waals surface area contributed by atoms with Crippen molar-refractivity contribution in [2.45, 2.75) is 33.2 Å². The molecule has 1 rings (SSSR count). The van der Waals surface area contributed by atoms with Crippen molar-refractivity contribution >= 4 is 23.7 Å². The molecule has 0 bridgehead atoms. The molecule has 1 fully saturated rings. The van der Waals surface area contributed by atoms with Gasteiger partial charge in [0.2, 0.25) is 17.7 Å². The van der Waals surface area contributed by atoms with Crippen LogP contribution in [0.4, 0.5) is 0 Å². The first kappa shape index (κ1) is 14.1. The predicted molar refractivity (Wildman–Crippen MR) is 60.4 cm³/mol. The molecule has 0 aliphatic carbocycles. The highest BCUT2D eigenvalue weighted by atomic mass is 16.4. The number of carboxylic acids is 1. The molecule has 2 N–H and O–H groups in total. The van der Waals surface area contributed by atoms with Gasteiger partial charge in [0.15, 0.2) is 0 Å². The summed E-state index contributed by atoms with van der Waals surface area (Å²) in [5, 5.41) is 11.1. The summed E-state index contributed by atoms with van der Waals surface area (Å²) >= 11 is 0. The Morgan fingerprint density at radius 2 is 2.00 bits per heavy atom. The molecule has 0 spiro atoms. The third kappa shape index (κ3) is 2.85. The standard InChI is InChI=1S/C11H16N2O5/c1-6(14)12-7(9(16)17)5-13-8(15)4-11(2,3)10(13)18/h7H,4-5H2,1-3H3,(H,12,14)(H,16,17). The van der Waals surface area contributed by atoms with Gasteiger partial charge < -0.3 is 10.4 Å². The molecule has 1 aliphatic heterocycles. The summed E-state index contributed by atoms with van der Waals surface area (Å²) < 4.78 is 0. The highest BCUT2D eigenvalue weighted by Crippen LogP contribution is 2.31. The van der Waals surface area contributed by atoms with Gasteiger partial charge in [0.05, 0.1) is 12.0 Å². The van der Waals surface area contributed by atoms with Gasteiger partial charge in [-0.25, -0.2) is 4.79 Å². The van der Waals surface area contributed by atoms with Crippen molar-refractivity contribution in [2.24, 2.45) is 5.41 Å². The number of likely N-dealkylation sites (tertiary alicyclic amines) is 1. The number of carboxylic acid groups (broad SMARTS) is 1. The number of amides is 3. The third-order valence-electron chi connectivity index (χ3n) is 2.76. The zero-order valence-corrected chi connectivity index (χ0v) is 10.5. The molecule has 0 saturated carbocycles. The molecule has 0 radical (unpaired) electrons. The Kier molecular flexibility index (Phi) is 3.73. The maximum absolute atomic E-state index is 11.9. The number of hydrogen-bond donors (Lipinski definition) is 2. The van der Waals surface area contributed by atoms with Gasteiger partial charge in [-0.3, -0.25) is 19.3 Å². The first-order valence-corrected chi connectivity index (χ1v) is 5.50. The summed E-state index contributed by atoms with van der Waals surface area (Å²) in [6, 6.07) is -1.27. The lowest BCUT2D eigenvalue weighted by atomic mass is 9.92. The van der Waals surface area contributed by atoms with E-state index in [1.807, 2.05) is 0 Å². The number of rotatable bonds is 4. The fourth-order valence-electron chi connectivity index (χ4n) is 1.83. The largest absolute Gasteiger partial charge is 0.480 e. The minimum Gasteiger partial charge on any atom is -0.480 e. The van der Waals surface area contributed by atoms with Crippen LogP contribution in [0.2, 0.25) is 0 Å². The molecule has 1 saturated heterocycles. The zero-order valence-electron chi connectivity index (χ0n) is 10.5. The Bertz CT molecular complexity index is 416. The molecule has 100 valence electrons. The first-order chi connectivity index (χ1) is 8.15. The number of aliphatic carboxylic acids is 1. The molecule has 0 aromatic heterocycles. The van der Waals surface area contributed by atoms with Crippen LogP contribution in [-0.4, -0.2) is 46.3 Å². The second-order valence-corrected chi connectivity index (χ2v) is 4.96. The SMILES string of the molecule is CC(=O)NC(CN1C(=O)CC(C)(C)C1=O)C(=O)O. The van der Waals surface area contributed by atoms with Gasteiger partial charge >= 0.3 is 5.97 Å². The molecular weight excluding hydrogens is 240 g/mol. The lowest BCUT2D eigenvalue weighted by Crippen LogP contribution is -2.49. The lowest BCUT2D eigenvalue weighted by molar-refractivity contribution is -0.146. The van der Waals surface area contributed by atoms with E-state index in [1.165, 1.54) is 6.92 Å². The Morgan fingerprint density at radius 1 is 1.44 bits per heavy atom. The Morgan fingerprint density at radius 3 is 2.33 bits per heavy atom. The average molecular weight is 256 g/mol. The number of hydrogen-bond acceptors (Lipinski definition) is 4. The Balaban J connectivity index is 2.82. The van der Waals surface area contributed by atoms with Crippen LogP contribution >= 0.6 is 0 Å². The van der Waals surface area contributed by atoms with E-state index in [2.05, 4.69) is 5.32 Å². The molecular formula is C11H16N2O5. The van der Waals surface area contributed by atoms with Crippen LogP contribution in [0.25, 0.3) is 0 Å². The highest BCUT2D eigenvalue weighted by molar-refractivity contribution is 6.05. The van der Waals surface area contributed by atoms with Crippen LogP contribution in [0.5, 0.6) is 0 Å². The second-order valence-electron chi connectivity index (χ2n) is 4.96. The van der Waals surface area contributed by atoms with Crippen LogP contribution in [0.1, 0.15) is 27.2 Å². The summed E-state index contributed by atoms with van der Waals surface area (Å²) in [6.07, 6.45) is 0.0538. The summed E-state index contributed by atoms with van der Waals surface area (Å²) in [4.78, 5) is 46.2. The van der Waals surface area contributed by atoms with Gasteiger partial charge in [0.1, 0.15) is 6.04 Å². The monoisotopic (exact) mass is 256 g/mol. The number of carbonyl (C=O) groups is 4. The van der Waals surface area contributed by atoms with E-state index in [-0.39, 0.29) is 13.0 Å². The minimum absolute atomic E-state index is 0.0538. The maximum atomic E-state index is 11.9. The van der Waals surface area contributed by atoms with Gasteiger partial charge in [0, 0.05) is 13.3 Å². The highest BCUT2D eigenvalue weighted by Gasteiger charge is 2.45. The Hall–Kier alpha value is -1.92. The molecule has 7 heteroatoms. The fourth-order valence-corrected chi connectivity index (χ4v) is 1.83. The maximum Gasteiger partial charge on any atom is 0.328 e. The van der Waals surface area contributed by atoms with Crippen molar-refractivity contribution < 1.29 is 24.3 Å². The van der Waals surface area contributed by atoms with Crippen molar-refractivity contribution in [1.29, 1.82) is 0 Å². The molecule has 7 nitrogen and oxygen atoms in total. The fraction of sp³-hybridized carbons (Fsp3) is 0.636. The summed E-state index contributed by atoms with van der Waals surface area (Å²) in [5.74, 6) is -2.64. The average Bonchev–Trinajstić information content (AvgIpc) is 2.38. The van der Waals surface area contributed by atoms with Crippen LogP contribution in [0.3, 0.4) is 0 Å². The number of nitrogens with zero attached hydrogens (tertiary/aromatic N) is 1. The van der Waals surface area contributed by atoms with Crippen molar-refractivity contribution in [2.75, 3.05) is 6.54 Å². The van der Waals surface area contributed by atoms with E-state index in [0.717, 1.165) is 4.90 Å². The van der Waals surface area contributed by atoms with E-state index in [1.54, 1.807) is 13.8 Å². The molecule has 1 aliphatic rings. The third-order valence-corrected chi connectivity index (χ3v) is 2.76. The van der Waals surface area contributed by atoms with Crippen molar-refractivity contribution in [3.05, 3.63) is 0 Å². The van der Waals surface area contributed by atoms with Gasteiger partial charge in [-0.15, -0.1) is 0 Å². The van der Waals surface area contributed by atoms with Gasteiger partial charge in [-0.2, -0.15) is 0 Å². The number of carbonyl (C=O) groups excluding carboxylic acids is 3. The number of nitrogens with one attached hydrogen (secondary N) is 1. The van der Waals surface area contributed by atoms with E-state index >= 15 is 0 Å².